The van der Waals surface area contributed by atoms with Gasteiger partial charge in [-0.05, 0) is 76.1 Å². The number of aromatic nitrogens is 2. The third-order valence-electron chi connectivity index (χ3n) is 9.00. The number of rotatable bonds is 11. The van der Waals surface area contributed by atoms with Crippen molar-refractivity contribution >= 4 is 23.5 Å². The van der Waals surface area contributed by atoms with Crippen molar-refractivity contribution in [3.8, 4) is 17.2 Å². The van der Waals surface area contributed by atoms with Crippen LogP contribution >= 0.6 is 0 Å². The Balaban J connectivity index is 1.19. The topological polar surface area (TPSA) is 102 Å². The number of carbonyl (C=O) groups is 1. The lowest BCUT2D eigenvalue weighted by molar-refractivity contribution is -0.0172. The number of nitrogens with zero attached hydrogens (tertiary/aromatic N) is 5. The van der Waals surface area contributed by atoms with E-state index in [4.69, 9.17) is 18.9 Å². The van der Waals surface area contributed by atoms with Crippen LogP contribution in [0.3, 0.4) is 0 Å². The maximum atomic E-state index is 15.1. The zero-order chi connectivity index (χ0) is 36.1. The number of hydrogen-bond acceptors (Lipinski definition) is 10. The van der Waals surface area contributed by atoms with E-state index >= 15 is 4.39 Å². The third-order valence-corrected chi connectivity index (χ3v) is 9.00. The fraction of sp³-hybridized carbons (Fsp3) is 0.395. The van der Waals surface area contributed by atoms with Gasteiger partial charge in [0.15, 0.2) is 18.4 Å². The number of piperazine rings is 1. The van der Waals surface area contributed by atoms with E-state index in [1.807, 2.05) is 32.9 Å². The van der Waals surface area contributed by atoms with E-state index < -0.39 is 17.7 Å². The molecule has 270 valence electrons. The number of nitrogens with one attached hydrogen (secondary N) is 1. The average molecular weight is 703 g/mol. The van der Waals surface area contributed by atoms with Crippen LogP contribution in [-0.2, 0) is 17.9 Å². The first kappa shape index (κ1) is 36.0. The molecule has 6 rings (SSSR count). The van der Waals surface area contributed by atoms with E-state index in [-0.39, 0.29) is 37.5 Å². The van der Waals surface area contributed by atoms with Gasteiger partial charge in [-0.3, -0.25) is 14.7 Å². The number of benzene rings is 3. The second-order valence-electron chi connectivity index (χ2n) is 13.2. The standard InChI is InChI=1S/C38H44F2N6O5/c1-24(2)45-12-10-44(11-13-45)14-15-49-33-7-6-31(20-32(33)40)42-37-41-9-8-34(43-37)46(38(47)51-35-26(4)16-25(3)17-27(35)5)21-28-18-30(39)19-29-22-48-23-50-36(28)29/h6-9,16-20,24H,10-15,21-23H2,1-5H3,(H,41,42,43). The molecule has 3 aromatic carbocycles. The predicted molar refractivity (Wildman–Crippen MR) is 190 cm³/mol. The molecule has 11 nitrogen and oxygen atoms in total. The van der Waals surface area contributed by atoms with Crippen LogP contribution in [0.5, 0.6) is 17.2 Å². The summed E-state index contributed by atoms with van der Waals surface area (Å²) >= 11 is 0. The van der Waals surface area contributed by atoms with Crippen molar-refractivity contribution in [2.75, 3.05) is 56.3 Å². The molecule has 1 fully saturated rings. The molecule has 0 spiro atoms. The van der Waals surface area contributed by atoms with E-state index in [1.165, 1.54) is 35.4 Å². The van der Waals surface area contributed by atoms with Crippen LogP contribution in [0.1, 0.15) is 41.7 Å². The maximum Gasteiger partial charge on any atom is 0.421 e. The molecule has 4 aromatic rings. The van der Waals surface area contributed by atoms with Gasteiger partial charge in [-0.1, -0.05) is 17.7 Å². The summed E-state index contributed by atoms with van der Waals surface area (Å²) < 4.78 is 52.7. The number of anilines is 3. The Kier molecular flexibility index (Phi) is 11.3. The first-order chi connectivity index (χ1) is 24.5. The molecule has 0 unspecified atom stereocenters. The van der Waals surface area contributed by atoms with Crippen molar-refractivity contribution in [1.29, 1.82) is 0 Å². The molecule has 0 aliphatic carbocycles. The molecule has 1 N–H and O–H groups in total. The van der Waals surface area contributed by atoms with Crippen LogP contribution in [0.4, 0.5) is 31.0 Å². The van der Waals surface area contributed by atoms with Gasteiger partial charge >= 0.3 is 6.09 Å². The summed E-state index contributed by atoms with van der Waals surface area (Å²) in [5.41, 5.74) is 3.92. The van der Waals surface area contributed by atoms with E-state index in [9.17, 15) is 9.18 Å². The Hall–Kier alpha value is -4.85. The first-order valence-electron chi connectivity index (χ1n) is 17.1. The van der Waals surface area contributed by atoms with Gasteiger partial charge in [-0.25, -0.2) is 18.6 Å². The lowest BCUT2D eigenvalue weighted by Crippen LogP contribution is -2.49. The van der Waals surface area contributed by atoms with Crippen molar-refractivity contribution in [1.82, 2.24) is 19.8 Å². The SMILES string of the molecule is Cc1cc(C)c(OC(=O)N(Cc2cc(F)cc3c2OCOC3)c2ccnc(Nc3ccc(OCCN4CCN(C(C)C)CC4)c(F)c3)n2)c(C)c1. The second-order valence-corrected chi connectivity index (χ2v) is 13.2. The highest BCUT2D eigenvalue weighted by molar-refractivity contribution is 5.88. The Morgan fingerprint density at radius 1 is 1.02 bits per heavy atom. The van der Waals surface area contributed by atoms with Gasteiger partial charge in [0.05, 0.1) is 13.2 Å². The van der Waals surface area contributed by atoms with Crippen molar-refractivity contribution in [3.05, 3.63) is 94.2 Å². The summed E-state index contributed by atoms with van der Waals surface area (Å²) in [5, 5.41) is 3.01. The number of hydrogen-bond donors (Lipinski definition) is 1. The van der Waals surface area contributed by atoms with Crippen LogP contribution in [0, 0.1) is 32.4 Å². The van der Waals surface area contributed by atoms with E-state index in [0.29, 0.717) is 47.5 Å². The zero-order valence-electron chi connectivity index (χ0n) is 29.7. The molecule has 0 bridgehead atoms. The quantitative estimate of drug-likeness (QED) is 0.178. The van der Waals surface area contributed by atoms with Crippen molar-refractivity contribution in [2.45, 2.75) is 53.8 Å². The van der Waals surface area contributed by atoms with Crippen LogP contribution in [0.25, 0.3) is 0 Å². The lowest BCUT2D eigenvalue weighted by Gasteiger charge is -2.36. The number of fused-ring (bicyclic) bond motifs is 1. The summed E-state index contributed by atoms with van der Waals surface area (Å²) in [4.78, 5) is 28.8. The molecule has 3 heterocycles. The number of amides is 1. The smallest absolute Gasteiger partial charge is 0.421 e. The first-order valence-corrected chi connectivity index (χ1v) is 17.1. The van der Waals surface area contributed by atoms with Gasteiger partial charge in [-0.2, -0.15) is 4.98 Å². The van der Waals surface area contributed by atoms with E-state index in [2.05, 4.69) is 38.9 Å². The van der Waals surface area contributed by atoms with Gasteiger partial charge < -0.3 is 24.3 Å². The summed E-state index contributed by atoms with van der Waals surface area (Å²) in [7, 11) is 0. The number of ether oxygens (including phenoxy) is 4. The number of carbonyl (C=O) groups excluding carboxylic acids is 1. The van der Waals surface area contributed by atoms with Crippen LogP contribution < -0.4 is 24.4 Å². The highest BCUT2D eigenvalue weighted by Gasteiger charge is 2.26. The normalized spacial score (nSPS) is 14.9. The minimum Gasteiger partial charge on any atom is -0.489 e. The van der Waals surface area contributed by atoms with Crippen molar-refractivity contribution in [3.63, 3.8) is 0 Å². The molecule has 2 aliphatic heterocycles. The van der Waals surface area contributed by atoms with Crippen LogP contribution in [0.2, 0.25) is 0 Å². The predicted octanol–water partition coefficient (Wildman–Crippen LogP) is 6.90. The van der Waals surface area contributed by atoms with Crippen molar-refractivity contribution in [2.24, 2.45) is 0 Å². The summed E-state index contributed by atoms with van der Waals surface area (Å²) in [6, 6.07) is 13.1. The van der Waals surface area contributed by atoms with Gasteiger partial charge in [0.1, 0.15) is 29.7 Å². The number of halogens is 2. The Morgan fingerprint density at radius 3 is 2.51 bits per heavy atom. The van der Waals surface area contributed by atoms with Gasteiger partial charge in [-0.15, -0.1) is 0 Å². The molecule has 1 amide bonds. The van der Waals surface area contributed by atoms with Gasteiger partial charge in [0.2, 0.25) is 5.95 Å². The third kappa shape index (κ3) is 8.91. The zero-order valence-corrected chi connectivity index (χ0v) is 29.7. The summed E-state index contributed by atoms with van der Waals surface area (Å²) in [5.74, 6) is 0.238. The van der Waals surface area contributed by atoms with Gasteiger partial charge in [0.25, 0.3) is 0 Å². The minimum atomic E-state index is -0.742. The molecule has 0 radical (unpaired) electrons. The Morgan fingerprint density at radius 2 is 1.78 bits per heavy atom. The molecule has 51 heavy (non-hydrogen) atoms. The fourth-order valence-corrected chi connectivity index (χ4v) is 6.43. The molecule has 2 aliphatic rings. The van der Waals surface area contributed by atoms with Crippen LogP contribution in [-0.4, -0.2) is 78.0 Å². The van der Waals surface area contributed by atoms with E-state index in [0.717, 1.165) is 42.9 Å². The van der Waals surface area contributed by atoms with Gasteiger partial charge in [0, 0.05) is 67.8 Å². The fourth-order valence-electron chi connectivity index (χ4n) is 6.43. The summed E-state index contributed by atoms with van der Waals surface area (Å²) in [6.45, 7) is 15.2. The highest BCUT2D eigenvalue weighted by Crippen LogP contribution is 2.33. The van der Waals surface area contributed by atoms with Crippen LogP contribution in [0.15, 0.2) is 54.7 Å². The maximum absolute atomic E-state index is 15.1. The lowest BCUT2D eigenvalue weighted by atomic mass is 10.1. The minimum absolute atomic E-state index is 0.00442. The molecule has 1 saturated heterocycles. The van der Waals surface area contributed by atoms with Crippen molar-refractivity contribution < 1.29 is 32.5 Å². The Labute approximate surface area is 297 Å². The molecular formula is C38H44F2N6O5. The highest BCUT2D eigenvalue weighted by atomic mass is 19.1. The molecular weight excluding hydrogens is 658 g/mol. The monoisotopic (exact) mass is 702 g/mol. The molecule has 0 atom stereocenters. The second kappa shape index (κ2) is 16.0. The largest absolute Gasteiger partial charge is 0.489 e. The molecule has 1 aromatic heterocycles. The molecule has 0 saturated carbocycles. The van der Waals surface area contributed by atoms with E-state index in [1.54, 1.807) is 12.1 Å². The Bertz CT molecular complexity index is 1840. The number of aryl methyl sites for hydroxylation is 3. The molecule has 13 heteroatoms. The average Bonchev–Trinajstić information content (AvgIpc) is 3.09. The summed E-state index contributed by atoms with van der Waals surface area (Å²) in [6.07, 6.45) is 0.724.